The number of hydrogen-bond acceptors (Lipinski definition) is 5. The Kier molecular flexibility index (Phi) is 6.58. The SMILES string of the molecule is Cl.OC1CNCC1CNCc1cn(-c2ccccc2)nc1-c1cccnc1. The van der Waals surface area contributed by atoms with Crippen LogP contribution in [-0.4, -0.2) is 45.6 Å². The fourth-order valence-electron chi connectivity index (χ4n) is 3.32. The van der Waals surface area contributed by atoms with Crippen LogP contribution in [0.1, 0.15) is 5.56 Å². The fourth-order valence-corrected chi connectivity index (χ4v) is 3.32. The zero-order valence-corrected chi connectivity index (χ0v) is 15.8. The summed E-state index contributed by atoms with van der Waals surface area (Å²) in [6, 6.07) is 14.0. The molecule has 1 aromatic carbocycles. The van der Waals surface area contributed by atoms with Gasteiger partial charge in [0, 0.05) is 61.8 Å². The normalized spacial score (nSPS) is 19.0. The predicted molar refractivity (Wildman–Crippen MR) is 108 cm³/mol. The number of nitrogens with zero attached hydrogens (tertiary/aromatic N) is 3. The van der Waals surface area contributed by atoms with Gasteiger partial charge < -0.3 is 15.7 Å². The van der Waals surface area contributed by atoms with Crippen LogP contribution in [0, 0.1) is 5.92 Å². The first-order valence-corrected chi connectivity index (χ1v) is 8.95. The molecule has 0 aliphatic carbocycles. The van der Waals surface area contributed by atoms with Crippen LogP contribution in [0.2, 0.25) is 0 Å². The Labute approximate surface area is 165 Å². The highest BCUT2D eigenvalue weighted by Crippen LogP contribution is 2.23. The van der Waals surface area contributed by atoms with Crippen molar-refractivity contribution in [2.45, 2.75) is 12.6 Å². The van der Waals surface area contributed by atoms with Crippen LogP contribution in [0.5, 0.6) is 0 Å². The van der Waals surface area contributed by atoms with Crippen molar-refractivity contribution in [1.82, 2.24) is 25.4 Å². The van der Waals surface area contributed by atoms with Gasteiger partial charge in [-0.05, 0) is 24.3 Å². The molecule has 2 aromatic heterocycles. The summed E-state index contributed by atoms with van der Waals surface area (Å²) < 4.78 is 1.91. The molecule has 6 nitrogen and oxygen atoms in total. The molecule has 1 aliphatic heterocycles. The molecule has 0 amide bonds. The van der Waals surface area contributed by atoms with Crippen LogP contribution >= 0.6 is 12.4 Å². The first kappa shape index (κ1) is 19.5. The summed E-state index contributed by atoms with van der Waals surface area (Å²) >= 11 is 0. The molecule has 0 radical (unpaired) electrons. The minimum Gasteiger partial charge on any atom is -0.391 e. The summed E-state index contributed by atoms with van der Waals surface area (Å²) in [6.45, 7) is 3.00. The second-order valence-electron chi connectivity index (χ2n) is 6.64. The molecular weight excluding hydrogens is 362 g/mol. The molecule has 2 unspecified atom stereocenters. The second kappa shape index (κ2) is 9.10. The average Bonchev–Trinajstić information content (AvgIpc) is 3.30. The van der Waals surface area contributed by atoms with E-state index in [0.717, 1.165) is 35.6 Å². The molecular formula is C20H24ClN5O. The first-order valence-electron chi connectivity index (χ1n) is 8.95. The molecule has 0 bridgehead atoms. The van der Waals surface area contributed by atoms with Gasteiger partial charge in [-0.25, -0.2) is 4.68 Å². The molecule has 3 N–H and O–H groups in total. The summed E-state index contributed by atoms with van der Waals surface area (Å²) in [5, 5.41) is 21.4. The van der Waals surface area contributed by atoms with Gasteiger partial charge in [0.2, 0.25) is 0 Å². The van der Waals surface area contributed by atoms with Crippen LogP contribution in [-0.2, 0) is 6.54 Å². The molecule has 0 spiro atoms. The molecule has 27 heavy (non-hydrogen) atoms. The highest BCUT2D eigenvalue weighted by Gasteiger charge is 2.24. The van der Waals surface area contributed by atoms with E-state index in [1.165, 1.54) is 0 Å². The molecule has 3 aromatic rings. The molecule has 7 heteroatoms. The Morgan fingerprint density at radius 1 is 1.15 bits per heavy atom. The summed E-state index contributed by atoms with van der Waals surface area (Å²) in [5.74, 6) is 0.251. The number of nitrogens with one attached hydrogen (secondary N) is 2. The van der Waals surface area contributed by atoms with Gasteiger partial charge in [0.25, 0.3) is 0 Å². The monoisotopic (exact) mass is 385 g/mol. The Morgan fingerprint density at radius 3 is 2.70 bits per heavy atom. The Bertz CT molecular complexity index is 840. The minimum absolute atomic E-state index is 0. The minimum atomic E-state index is -0.271. The number of aliphatic hydroxyl groups excluding tert-OH is 1. The van der Waals surface area contributed by atoms with Gasteiger partial charge in [-0.15, -0.1) is 12.4 Å². The third kappa shape index (κ3) is 4.54. The number of rotatable bonds is 6. The van der Waals surface area contributed by atoms with Crippen LogP contribution in [0.4, 0.5) is 0 Å². The predicted octanol–water partition coefficient (Wildman–Crippen LogP) is 2.03. The van der Waals surface area contributed by atoms with Crippen LogP contribution in [0.3, 0.4) is 0 Å². The molecule has 1 saturated heterocycles. The lowest BCUT2D eigenvalue weighted by Crippen LogP contribution is -2.30. The van der Waals surface area contributed by atoms with Gasteiger partial charge in [0.15, 0.2) is 0 Å². The van der Waals surface area contributed by atoms with Gasteiger partial charge in [-0.1, -0.05) is 18.2 Å². The van der Waals surface area contributed by atoms with Crippen molar-refractivity contribution in [2.24, 2.45) is 5.92 Å². The number of pyridine rings is 1. The number of aliphatic hydroxyl groups is 1. The average molecular weight is 386 g/mol. The number of hydrogen-bond donors (Lipinski definition) is 3. The van der Waals surface area contributed by atoms with Crippen molar-refractivity contribution < 1.29 is 5.11 Å². The fraction of sp³-hybridized carbons (Fsp3) is 0.300. The van der Waals surface area contributed by atoms with E-state index in [0.29, 0.717) is 13.1 Å². The smallest absolute Gasteiger partial charge is 0.0988 e. The highest BCUT2D eigenvalue weighted by molar-refractivity contribution is 5.85. The maximum atomic E-state index is 9.94. The maximum Gasteiger partial charge on any atom is 0.0988 e. The summed E-state index contributed by atoms with van der Waals surface area (Å²) in [6.07, 6.45) is 5.40. The van der Waals surface area contributed by atoms with Gasteiger partial charge >= 0.3 is 0 Å². The number of β-amino-alcohol motifs (C(OH)–C–C–N with tert-alkyl or cyclic N) is 1. The van der Waals surface area contributed by atoms with E-state index in [1.807, 2.05) is 53.3 Å². The van der Waals surface area contributed by atoms with Crippen molar-refractivity contribution in [3.05, 3.63) is 66.6 Å². The zero-order chi connectivity index (χ0) is 17.8. The molecule has 2 atom stereocenters. The van der Waals surface area contributed by atoms with Gasteiger partial charge in [-0.2, -0.15) is 5.10 Å². The number of halogens is 1. The summed E-state index contributed by atoms with van der Waals surface area (Å²) in [5.41, 5.74) is 4.07. The second-order valence-corrected chi connectivity index (χ2v) is 6.64. The Balaban J connectivity index is 0.00000210. The zero-order valence-electron chi connectivity index (χ0n) is 15.0. The molecule has 4 rings (SSSR count). The quantitative estimate of drug-likeness (QED) is 0.605. The van der Waals surface area contributed by atoms with Crippen molar-refractivity contribution in [1.29, 1.82) is 0 Å². The molecule has 1 aliphatic rings. The van der Waals surface area contributed by atoms with E-state index in [2.05, 4.69) is 21.8 Å². The summed E-state index contributed by atoms with van der Waals surface area (Å²) in [4.78, 5) is 4.23. The largest absolute Gasteiger partial charge is 0.391 e. The third-order valence-electron chi connectivity index (χ3n) is 4.77. The molecule has 3 heterocycles. The van der Waals surface area contributed by atoms with Crippen molar-refractivity contribution in [3.63, 3.8) is 0 Å². The van der Waals surface area contributed by atoms with E-state index in [4.69, 9.17) is 5.10 Å². The highest BCUT2D eigenvalue weighted by atomic mass is 35.5. The lowest BCUT2D eigenvalue weighted by atomic mass is 10.1. The van der Waals surface area contributed by atoms with Gasteiger partial charge in [0.05, 0.1) is 17.5 Å². The van der Waals surface area contributed by atoms with Gasteiger partial charge in [-0.3, -0.25) is 4.98 Å². The third-order valence-corrected chi connectivity index (χ3v) is 4.77. The van der Waals surface area contributed by atoms with Crippen molar-refractivity contribution >= 4 is 12.4 Å². The molecule has 1 fully saturated rings. The molecule has 142 valence electrons. The Morgan fingerprint density at radius 2 is 2.00 bits per heavy atom. The van der Waals surface area contributed by atoms with E-state index in [-0.39, 0.29) is 24.4 Å². The van der Waals surface area contributed by atoms with E-state index in [1.54, 1.807) is 6.20 Å². The Hall–Kier alpha value is -2.25. The van der Waals surface area contributed by atoms with E-state index < -0.39 is 0 Å². The maximum absolute atomic E-state index is 9.94. The van der Waals surface area contributed by atoms with Gasteiger partial charge in [0.1, 0.15) is 0 Å². The lowest BCUT2D eigenvalue weighted by Gasteiger charge is -2.14. The standard InChI is InChI=1S/C20H23N5O.ClH/c26-19-13-23-11-16(19)10-22-12-17-14-25(18-6-2-1-3-7-18)24-20(17)15-5-4-8-21-9-15;/h1-9,14,16,19,22-23,26H,10-13H2;1H. The van der Waals surface area contributed by atoms with Crippen LogP contribution in [0.15, 0.2) is 61.1 Å². The number of para-hydroxylation sites is 1. The number of aromatic nitrogens is 3. The lowest BCUT2D eigenvalue weighted by molar-refractivity contribution is 0.146. The van der Waals surface area contributed by atoms with Crippen molar-refractivity contribution in [3.8, 4) is 16.9 Å². The number of benzene rings is 1. The van der Waals surface area contributed by atoms with Crippen LogP contribution in [0.25, 0.3) is 16.9 Å². The topological polar surface area (TPSA) is 75.0 Å². The van der Waals surface area contributed by atoms with E-state index >= 15 is 0 Å². The van der Waals surface area contributed by atoms with Crippen molar-refractivity contribution in [2.75, 3.05) is 19.6 Å². The first-order chi connectivity index (χ1) is 12.8. The molecule has 0 saturated carbocycles. The van der Waals surface area contributed by atoms with Crippen LogP contribution < -0.4 is 10.6 Å². The summed E-state index contributed by atoms with van der Waals surface area (Å²) in [7, 11) is 0. The van der Waals surface area contributed by atoms with E-state index in [9.17, 15) is 5.11 Å².